The van der Waals surface area contributed by atoms with Crippen molar-refractivity contribution in [1.29, 1.82) is 0 Å². The van der Waals surface area contributed by atoms with Crippen molar-refractivity contribution in [2.24, 2.45) is 23.2 Å². The van der Waals surface area contributed by atoms with Crippen LogP contribution in [0.25, 0.3) is 0 Å². The molecule has 0 radical (unpaired) electrons. The Bertz CT molecular complexity index is 871. The molecule has 0 spiro atoms. The summed E-state index contributed by atoms with van der Waals surface area (Å²) in [6.07, 6.45) is 11.3. The highest BCUT2D eigenvalue weighted by molar-refractivity contribution is 5.76. The monoisotopic (exact) mass is 516 g/mol. The minimum atomic E-state index is -0.147. The molecule has 0 aliphatic heterocycles. The van der Waals surface area contributed by atoms with Crippen LogP contribution in [0.3, 0.4) is 0 Å². The molecule has 0 bridgehead atoms. The summed E-state index contributed by atoms with van der Waals surface area (Å²) >= 11 is 0. The Morgan fingerprint density at radius 2 is 1.70 bits per heavy atom. The van der Waals surface area contributed by atoms with Gasteiger partial charge in [0, 0.05) is 6.61 Å². The quantitative estimate of drug-likeness (QED) is 0.303. The van der Waals surface area contributed by atoms with E-state index in [2.05, 4.69) is 13.0 Å². The number of carbonyl (C=O) groups excluding carboxylic acids is 1. The summed E-state index contributed by atoms with van der Waals surface area (Å²) in [5.41, 5.74) is 2.90. The van der Waals surface area contributed by atoms with E-state index in [1.165, 1.54) is 43.7 Å². The van der Waals surface area contributed by atoms with Gasteiger partial charge in [0.2, 0.25) is 0 Å². The number of ether oxygens (including phenoxy) is 3. The van der Waals surface area contributed by atoms with E-state index in [1.54, 1.807) is 0 Å². The van der Waals surface area contributed by atoms with Gasteiger partial charge >= 0.3 is 0 Å². The van der Waals surface area contributed by atoms with E-state index in [1.807, 2.05) is 12.1 Å². The van der Waals surface area contributed by atoms with E-state index < -0.39 is 0 Å². The van der Waals surface area contributed by atoms with Crippen LogP contribution in [0.2, 0.25) is 0 Å². The molecule has 0 aromatic heterocycles. The number of phenolic OH excluding ortho intramolecular Hbond substituents is 1. The lowest BCUT2D eigenvalue weighted by Crippen LogP contribution is -2.47. The first-order valence-corrected chi connectivity index (χ1v) is 14.6. The van der Waals surface area contributed by atoms with E-state index in [9.17, 15) is 15.0 Å². The number of phenols is 1. The molecule has 3 aliphatic carbocycles. The summed E-state index contributed by atoms with van der Waals surface area (Å²) in [6.45, 7) is 6.86. The van der Waals surface area contributed by atoms with Gasteiger partial charge in [0.1, 0.15) is 12.4 Å². The van der Waals surface area contributed by atoms with Gasteiger partial charge in [-0.1, -0.05) is 32.3 Å². The number of aromatic hydroxyl groups is 1. The van der Waals surface area contributed by atoms with Crippen LogP contribution in [-0.2, 0) is 25.4 Å². The van der Waals surface area contributed by atoms with E-state index >= 15 is 0 Å². The highest BCUT2D eigenvalue weighted by atomic mass is 16.5. The number of fused-ring (bicyclic) bond motifs is 5. The standard InChI is InChI=1S/C31H48O6/c1-22(32)21-37-18-17-36-16-15-35-14-6-4-3-5-7-23-19-24-20-25(33)8-9-26(24)27-12-13-31(2)28(30(23)27)10-11-29(31)34/h8-9,20,23,27-30,33-34H,3-7,10-19,21H2,1-2H3/t23-,27-,28+,29+,30-,31+/m1/s1. The average Bonchev–Trinajstić information content (AvgIpc) is 3.17. The molecule has 3 aliphatic rings. The summed E-state index contributed by atoms with van der Waals surface area (Å²) in [7, 11) is 0. The molecule has 1 aromatic carbocycles. The van der Waals surface area contributed by atoms with Crippen LogP contribution in [0.4, 0.5) is 0 Å². The largest absolute Gasteiger partial charge is 0.508 e. The Balaban J connectivity index is 1.17. The van der Waals surface area contributed by atoms with Crippen molar-refractivity contribution in [2.75, 3.05) is 39.6 Å². The highest BCUT2D eigenvalue weighted by Crippen LogP contribution is 2.62. The molecule has 2 N–H and O–H groups in total. The maximum atomic E-state index is 10.8. The molecule has 6 nitrogen and oxygen atoms in total. The average molecular weight is 517 g/mol. The third-order valence-electron chi connectivity index (χ3n) is 9.50. The van der Waals surface area contributed by atoms with Gasteiger partial charge in [-0.25, -0.2) is 0 Å². The summed E-state index contributed by atoms with van der Waals surface area (Å²) in [5, 5.41) is 21.0. The zero-order valence-electron chi connectivity index (χ0n) is 23.0. The number of unbranched alkanes of at least 4 members (excludes halogenated alkanes) is 3. The van der Waals surface area contributed by atoms with E-state index in [0.29, 0.717) is 55.8 Å². The molecule has 2 saturated carbocycles. The van der Waals surface area contributed by atoms with Gasteiger partial charge in [-0.05, 0) is 104 Å². The molecule has 208 valence electrons. The predicted molar refractivity (Wildman–Crippen MR) is 144 cm³/mol. The van der Waals surface area contributed by atoms with Crippen molar-refractivity contribution >= 4 is 5.78 Å². The van der Waals surface area contributed by atoms with Crippen LogP contribution in [0.15, 0.2) is 18.2 Å². The van der Waals surface area contributed by atoms with Crippen molar-refractivity contribution in [3.05, 3.63) is 29.3 Å². The van der Waals surface area contributed by atoms with E-state index in [0.717, 1.165) is 45.1 Å². The Morgan fingerprint density at radius 1 is 0.973 bits per heavy atom. The summed E-state index contributed by atoms with van der Waals surface area (Å²) in [4.78, 5) is 10.8. The first-order valence-electron chi connectivity index (χ1n) is 14.6. The number of hydrogen-bond acceptors (Lipinski definition) is 6. The lowest BCUT2D eigenvalue weighted by molar-refractivity contribution is -0.122. The minimum absolute atomic E-state index is 0.0301. The summed E-state index contributed by atoms with van der Waals surface area (Å²) in [5.74, 6) is 2.91. The minimum Gasteiger partial charge on any atom is -0.508 e. The molecule has 0 unspecified atom stereocenters. The maximum absolute atomic E-state index is 10.8. The predicted octanol–water partition coefficient (Wildman–Crippen LogP) is 5.42. The molecular weight excluding hydrogens is 468 g/mol. The number of Topliss-reactive ketones (excluding diaryl/α,β-unsaturated/α-hetero) is 1. The van der Waals surface area contributed by atoms with Crippen LogP contribution >= 0.6 is 0 Å². The second kappa shape index (κ2) is 13.5. The second-order valence-corrected chi connectivity index (χ2v) is 12.0. The molecule has 0 amide bonds. The number of hydrogen-bond donors (Lipinski definition) is 2. The van der Waals surface area contributed by atoms with Crippen LogP contribution in [0.1, 0.15) is 88.7 Å². The molecule has 0 saturated heterocycles. The Kier molecular flexibility index (Phi) is 10.4. The van der Waals surface area contributed by atoms with E-state index in [4.69, 9.17) is 14.2 Å². The van der Waals surface area contributed by atoms with Crippen molar-refractivity contribution in [3.63, 3.8) is 0 Å². The number of carbonyl (C=O) groups is 1. The molecule has 1 aromatic rings. The lowest BCUT2D eigenvalue weighted by atomic mass is 9.52. The van der Waals surface area contributed by atoms with Gasteiger partial charge in [0.05, 0.1) is 32.5 Å². The molecule has 4 rings (SSSR count). The summed E-state index contributed by atoms with van der Waals surface area (Å²) < 4.78 is 16.3. The fraction of sp³-hybridized carbons (Fsp3) is 0.774. The number of aliphatic hydroxyl groups excluding tert-OH is 1. The zero-order chi connectivity index (χ0) is 26.3. The molecule has 0 heterocycles. The Morgan fingerprint density at radius 3 is 2.49 bits per heavy atom. The molecular formula is C31H48O6. The van der Waals surface area contributed by atoms with Crippen molar-refractivity contribution in [2.45, 2.75) is 90.1 Å². The Labute approximate surface area is 223 Å². The van der Waals surface area contributed by atoms with Gasteiger partial charge < -0.3 is 24.4 Å². The van der Waals surface area contributed by atoms with Gasteiger partial charge in [0.25, 0.3) is 0 Å². The lowest BCUT2D eigenvalue weighted by Gasteiger charge is -2.53. The van der Waals surface area contributed by atoms with Crippen LogP contribution < -0.4 is 0 Å². The Hall–Kier alpha value is -1.47. The van der Waals surface area contributed by atoms with Gasteiger partial charge in [-0.2, -0.15) is 0 Å². The van der Waals surface area contributed by atoms with Crippen LogP contribution in [-0.4, -0.2) is 61.7 Å². The first kappa shape index (κ1) is 28.5. The highest BCUT2D eigenvalue weighted by Gasteiger charge is 2.56. The van der Waals surface area contributed by atoms with Gasteiger partial charge in [-0.3, -0.25) is 4.79 Å². The van der Waals surface area contributed by atoms with Gasteiger partial charge in [0.15, 0.2) is 5.78 Å². The SMILES string of the molecule is CC(=O)COCCOCCOCCCCCC[C@@H]1Cc2cc(O)ccc2[C@H]2CC[C@]3(C)[C@@H](O)CC[C@H]3[C@H]12. The fourth-order valence-electron chi connectivity index (χ4n) is 7.65. The first-order chi connectivity index (χ1) is 17.9. The molecule has 6 heteroatoms. The zero-order valence-corrected chi connectivity index (χ0v) is 23.0. The summed E-state index contributed by atoms with van der Waals surface area (Å²) in [6, 6.07) is 6.06. The number of ketones is 1. The number of rotatable bonds is 15. The molecule has 37 heavy (non-hydrogen) atoms. The van der Waals surface area contributed by atoms with E-state index in [-0.39, 0.29) is 23.9 Å². The number of benzene rings is 1. The second-order valence-electron chi connectivity index (χ2n) is 12.0. The number of aliphatic hydroxyl groups is 1. The molecule has 6 atom stereocenters. The normalized spacial score (nSPS) is 30.5. The maximum Gasteiger partial charge on any atom is 0.155 e. The van der Waals surface area contributed by atoms with Crippen molar-refractivity contribution in [3.8, 4) is 5.75 Å². The fourth-order valence-corrected chi connectivity index (χ4v) is 7.65. The van der Waals surface area contributed by atoms with Crippen molar-refractivity contribution < 1.29 is 29.2 Å². The van der Waals surface area contributed by atoms with Gasteiger partial charge in [-0.15, -0.1) is 0 Å². The third kappa shape index (κ3) is 7.14. The molecule has 2 fully saturated rings. The van der Waals surface area contributed by atoms with Crippen molar-refractivity contribution in [1.82, 2.24) is 0 Å². The van der Waals surface area contributed by atoms with Crippen LogP contribution in [0, 0.1) is 23.2 Å². The third-order valence-corrected chi connectivity index (χ3v) is 9.50. The topological polar surface area (TPSA) is 85.2 Å². The smallest absolute Gasteiger partial charge is 0.155 e. The van der Waals surface area contributed by atoms with Crippen LogP contribution in [0.5, 0.6) is 5.75 Å².